The topological polar surface area (TPSA) is 114 Å². The lowest BCUT2D eigenvalue weighted by atomic mass is 10.1. The van der Waals surface area contributed by atoms with E-state index in [1.54, 1.807) is 6.07 Å². The van der Waals surface area contributed by atoms with Gasteiger partial charge in [-0.2, -0.15) is 0 Å². The third-order valence-corrected chi connectivity index (χ3v) is 2.37. The summed E-state index contributed by atoms with van der Waals surface area (Å²) in [5, 5.41) is 0. The molecule has 0 atom stereocenters. The fraction of sp³-hybridized carbons (Fsp3) is 0.333. The highest BCUT2D eigenvalue weighted by molar-refractivity contribution is 5.97. The molecule has 7 heteroatoms. The molecule has 0 unspecified atom stereocenters. The molecule has 1 amide bonds. The van der Waals surface area contributed by atoms with Crippen LogP contribution in [-0.2, 0) is 9.53 Å². The van der Waals surface area contributed by atoms with Crippen LogP contribution in [0.3, 0.4) is 0 Å². The van der Waals surface area contributed by atoms with Gasteiger partial charge in [0.05, 0.1) is 31.9 Å². The first-order chi connectivity index (χ1) is 8.99. The number of rotatable bonds is 6. The van der Waals surface area contributed by atoms with Gasteiger partial charge in [0, 0.05) is 6.07 Å². The van der Waals surface area contributed by atoms with E-state index in [0.717, 1.165) is 0 Å². The summed E-state index contributed by atoms with van der Waals surface area (Å²) in [5.74, 6) is -0.506. The van der Waals surface area contributed by atoms with Gasteiger partial charge in [-0.25, -0.2) is 4.79 Å². The standard InChI is InChI=1S/C12H16N2O5/c1-17-7-5-8(11(14)9(6-7)18-2)12(16)19-4-3-10(13)15/h5-6H,3-4,14H2,1-2H3,(H2,13,15). The first-order valence-electron chi connectivity index (χ1n) is 5.46. The van der Waals surface area contributed by atoms with E-state index in [0.29, 0.717) is 11.5 Å². The molecule has 0 aliphatic rings. The number of carbonyl (C=O) groups excluding carboxylic acids is 2. The first-order valence-corrected chi connectivity index (χ1v) is 5.46. The van der Waals surface area contributed by atoms with Crippen LogP contribution in [0.1, 0.15) is 16.8 Å². The Morgan fingerprint density at radius 3 is 2.42 bits per heavy atom. The lowest BCUT2D eigenvalue weighted by molar-refractivity contribution is -0.118. The van der Waals surface area contributed by atoms with Gasteiger partial charge in [-0.1, -0.05) is 0 Å². The van der Waals surface area contributed by atoms with E-state index in [2.05, 4.69) is 0 Å². The van der Waals surface area contributed by atoms with Crippen LogP contribution in [0.2, 0.25) is 0 Å². The van der Waals surface area contributed by atoms with Crippen molar-refractivity contribution in [3.05, 3.63) is 17.7 Å². The lowest BCUT2D eigenvalue weighted by Crippen LogP contribution is -2.16. The molecular formula is C12H16N2O5. The van der Waals surface area contributed by atoms with E-state index in [-0.39, 0.29) is 24.3 Å². The number of esters is 1. The Hall–Kier alpha value is -2.44. The second kappa shape index (κ2) is 6.48. The molecular weight excluding hydrogens is 252 g/mol. The minimum absolute atomic E-state index is 0.0489. The fourth-order valence-electron chi connectivity index (χ4n) is 1.38. The number of amides is 1. The van der Waals surface area contributed by atoms with Crippen LogP contribution in [0.25, 0.3) is 0 Å². The Morgan fingerprint density at radius 2 is 1.89 bits per heavy atom. The molecule has 19 heavy (non-hydrogen) atoms. The molecule has 7 nitrogen and oxygen atoms in total. The summed E-state index contributed by atoms with van der Waals surface area (Å²) in [6, 6.07) is 2.99. The van der Waals surface area contributed by atoms with Gasteiger partial charge in [0.15, 0.2) is 0 Å². The third-order valence-electron chi connectivity index (χ3n) is 2.37. The molecule has 0 aliphatic carbocycles. The second-order valence-corrected chi connectivity index (χ2v) is 3.64. The van der Waals surface area contributed by atoms with Gasteiger partial charge in [-0.05, 0) is 6.07 Å². The van der Waals surface area contributed by atoms with E-state index >= 15 is 0 Å². The maximum Gasteiger partial charge on any atom is 0.340 e. The van der Waals surface area contributed by atoms with Gasteiger partial charge in [0.1, 0.15) is 18.1 Å². The zero-order valence-corrected chi connectivity index (χ0v) is 10.8. The highest BCUT2D eigenvalue weighted by Crippen LogP contribution is 2.31. The maximum absolute atomic E-state index is 11.8. The number of benzene rings is 1. The third kappa shape index (κ3) is 3.77. The normalized spacial score (nSPS) is 9.79. The summed E-state index contributed by atoms with van der Waals surface area (Å²) in [5.41, 5.74) is 11.0. The lowest BCUT2D eigenvalue weighted by Gasteiger charge is -2.12. The van der Waals surface area contributed by atoms with E-state index in [4.69, 9.17) is 25.7 Å². The molecule has 0 radical (unpaired) electrons. The van der Waals surface area contributed by atoms with Crippen molar-refractivity contribution in [2.45, 2.75) is 6.42 Å². The second-order valence-electron chi connectivity index (χ2n) is 3.64. The highest BCUT2D eigenvalue weighted by Gasteiger charge is 2.17. The average Bonchev–Trinajstić information content (AvgIpc) is 2.38. The van der Waals surface area contributed by atoms with E-state index in [1.165, 1.54) is 20.3 Å². The molecule has 104 valence electrons. The molecule has 0 aromatic heterocycles. The first kappa shape index (κ1) is 14.6. The number of methoxy groups -OCH3 is 2. The van der Waals surface area contributed by atoms with Crippen molar-refractivity contribution < 1.29 is 23.8 Å². The van der Waals surface area contributed by atoms with Crippen molar-refractivity contribution in [1.29, 1.82) is 0 Å². The molecule has 1 rings (SSSR count). The zero-order valence-electron chi connectivity index (χ0n) is 10.8. The summed E-state index contributed by atoms with van der Waals surface area (Å²) in [6.45, 7) is -0.104. The number of anilines is 1. The van der Waals surface area contributed by atoms with E-state index in [1.807, 2.05) is 0 Å². The van der Waals surface area contributed by atoms with Crippen molar-refractivity contribution in [3.63, 3.8) is 0 Å². The largest absolute Gasteiger partial charge is 0.497 e. The predicted molar refractivity (Wildman–Crippen MR) is 68.1 cm³/mol. The number of primary amides is 1. The van der Waals surface area contributed by atoms with Crippen molar-refractivity contribution in [3.8, 4) is 11.5 Å². The summed E-state index contributed by atoms with van der Waals surface area (Å²) in [6.07, 6.45) is -0.0489. The van der Waals surface area contributed by atoms with Crippen LogP contribution < -0.4 is 20.9 Å². The van der Waals surface area contributed by atoms with Crippen LogP contribution in [0.5, 0.6) is 11.5 Å². The number of ether oxygens (including phenoxy) is 3. The van der Waals surface area contributed by atoms with Crippen molar-refractivity contribution >= 4 is 17.6 Å². The monoisotopic (exact) mass is 268 g/mol. The minimum atomic E-state index is -0.670. The maximum atomic E-state index is 11.8. The van der Waals surface area contributed by atoms with Crippen LogP contribution in [0.4, 0.5) is 5.69 Å². The van der Waals surface area contributed by atoms with Gasteiger partial charge >= 0.3 is 5.97 Å². The molecule has 1 aromatic rings. The summed E-state index contributed by atoms with van der Waals surface area (Å²) < 4.78 is 14.9. The van der Waals surface area contributed by atoms with Gasteiger partial charge in [-0.3, -0.25) is 4.79 Å². The smallest absolute Gasteiger partial charge is 0.340 e. The SMILES string of the molecule is COc1cc(OC)c(N)c(C(=O)OCCC(N)=O)c1. The van der Waals surface area contributed by atoms with Crippen molar-refractivity contribution in [2.75, 3.05) is 26.6 Å². The summed E-state index contributed by atoms with van der Waals surface area (Å²) in [4.78, 5) is 22.4. The Bertz CT molecular complexity index is 487. The zero-order chi connectivity index (χ0) is 14.4. The Kier molecular flexibility index (Phi) is 4.99. The Balaban J connectivity index is 2.91. The predicted octanol–water partition coefficient (Wildman–Crippen LogP) is 0.318. The summed E-state index contributed by atoms with van der Waals surface area (Å²) in [7, 11) is 2.88. The highest BCUT2D eigenvalue weighted by atomic mass is 16.5. The van der Waals surface area contributed by atoms with E-state index < -0.39 is 11.9 Å². The number of carbonyl (C=O) groups is 2. The van der Waals surface area contributed by atoms with Gasteiger partial charge in [-0.15, -0.1) is 0 Å². The fourth-order valence-corrected chi connectivity index (χ4v) is 1.38. The minimum Gasteiger partial charge on any atom is -0.497 e. The van der Waals surface area contributed by atoms with Crippen LogP contribution in [0, 0.1) is 0 Å². The molecule has 4 N–H and O–H groups in total. The van der Waals surface area contributed by atoms with Crippen LogP contribution >= 0.6 is 0 Å². The number of hydrogen-bond donors (Lipinski definition) is 2. The molecule has 0 saturated heterocycles. The van der Waals surface area contributed by atoms with Crippen LogP contribution in [0.15, 0.2) is 12.1 Å². The summed E-state index contributed by atoms with van der Waals surface area (Å²) >= 11 is 0. The Labute approximate surface area is 110 Å². The van der Waals surface area contributed by atoms with Gasteiger partial charge < -0.3 is 25.7 Å². The molecule has 0 spiro atoms. The van der Waals surface area contributed by atoms with Gasteiger partial charge in [0.25, 0.3) is 0 Å². The number of hydrogen-bond acceptors (Lipinski definition) is 6. The Morgan fingerprint density at radius 1 is 1.21 bits per heavy atom. The average molecular weight is 268 g/mol. The van der Waals surface area contributed by atoms with Gasteiger partial charge in [0.2, 0.25) is 5.91 Å². The van der Waals surface area contributed by atoms with Crippen molar-refractivity contribution in [2.24, 2.45) is 5.73 Å². The van der Waals surface area contributed by atoms with Crippen molar-refractivity contribution in [1.82, 2.24) is 0 Å². The molecule has 0 saturated carbocycles. The molecule has 0 aliphatic heterocycles. The van der Waals surface area contributed by atoms with Crippen LogP contribution in [-0.4, -0.2) is 32.7 Å². The molecule has 0 fully saturated rings. The molecule has 1 aromatic carbocycles. The molecule has 0 heterocycles. The number of nitrogen functional groups attached to an aromatic ring is 1. The molecule has 0 bridgehead atoms. The van der Waals surface area contributed by atoms with E-state index in [9.17, 15) is 9.59 Å². The quantitative estimate of drug-likeness (QED) is 0.567. The number of nitrogens with two attached hydrogens (primary N) is 2.